The van der Waals surface area contributed by atoms with Crippen molar-refractivity contribution in [1.82, 2.24) is 14.9 Å². The van der Waals surface area contributed by atoms with E-state index in [1.54, 1.807) is 13.1 Å². The average Bonchev–Trinajstić information content (AvgIpc) is 2.58. The van der Waals surface area contributed by atoms with Gasteiger partial charge in [0.25, 0.3) is 0 Å². The number of carbonyl (C=O) groups excluding carboxylic acids is 1. The number of anilines is 3. The molecule has 25 heavy (non-hydrogen) atoms. The van der Waals surface area contributed by atoms with Crippen molar-refractivity contribution in [1.29, 1.82) is 0 Å². The number of rotatable bonds is 3. The Balaban J connectivity index is 1.76. The molecular formula is C19H25N5O. The topological polar surface area (TPSA) is 61.4 Å². The molecular weight excluding hydrogens is 314 g/mol. The average molecular weight is 339 g/mol. The quantitative estimate of drug-likeness (QED) is 0.932. The molecule has 0 spiro atoms. The van der Waals surface area contributed by atoms with Crippen LogP contribution in [0.15, 0.2) is 24.4 Å². The summed E-state index contributed by atoms with van der Waals surface area (Å²) in [4.78, 5) is 24.6. The minimum atomic E-state index is 0.134. The largest absolute Gasteiger partial charge is 0.353 e. The van der Waals surface area contributed by atoms with Crippen molar-refractivity contribution < 1.29 is 4.79 Å². The van der Waals surface area contributed by atoms with Crippen molar-refractivity contribution in [3.8, 4) is 0 Å². The standard InChI is InChI=1S/C19H25N5O/c1-13-11-14(2)18(15(3)12-13)22-19-20-6-5-17(21-19)24-9-7-23(8-10-24)16(4)25/h5-6,11-12H,7-10H2,1-4H3,(H,20,21,22). The fourth-order valence-electron chi connectivity index (χ4n) is 3.32. The van der Waals surface area contributed by atoms with Crippen LogP contribution in [-0.4, -0.2) is 47.0 Å². The lowest BCUT2D eigenvalue weighted by molar-refractivity contribution is -0.129. The second kappa shape index (κ2) is 7.09. The van der Waals surface area contributed by atoms with Gasteiger partial charge in [0.05, 0.1) is 0 Å². The van der Waals surface area contributed by atoms with E-state index in [1.807, 2.05) is 11.0 Å². The highest BCUT2D eigenvalue weighted by Crippen LogP contribution is 2.25. The molecule has 1 aliphatic rings. The highest BCUT2D eigenvalue weighted by atomic mass is 16.2. The monoisotopic (exact) mass is 339 g/mol. The van der Waals surface area contributed by atoms with E-state index in [4.69, 9.17) is 0 Å². The molecule has 1 aromatic heterocycles. The van der Waals surface area contributed by atoms with E-state index in [-0.39, 0.29) is 5.91 Å². The van der Waals surface area contributed by atoms with Gasteiger partial charge in [0.15, 0.2) is 0 Å². The van der Waals surface area contributed by atoms with Crippen LogP contribution in [0.5, 0.6) is 0 Å². The Morgan fingerprint density at radius 1 is 1.08 bits per heavy atom. The highest BCUT2D eigenvalue weighted by molar-refractivity contribution is 5.73. The van der Waals surface area contributed by atoms with Crippen molar-refractivity contribution in [3.05, 3.63) is 41.1 Å². The third-order valence-electron chi connectivity index (χ3n) is 4.60. The van der Waals surface area contributed by atoms with Gasteiger partial charge in [0.1, 0.15) is 5.82 Å². The predicted molar refractivity (Wildman–Crippen MR) is 100 cm³/mol. The summed E-state index contributed by atoms with van der Waals surface area (Å²) in [6.07, 6.45) is 1.78. The molecule has 132 valence electrons. The number of nitrogens with one attached hydrogen (secondary N) is 1. The molecule has 0 saturated carbocycles. The van der Waals surface area contributed by atoms with Gasteiger partial charge in [0, 0.05) is 45.0 Å². The zero-order valence-electron chi connectivity index (χ0n) is 15.3. The van der Waals surface area contributed by atoms with Crippen molar-refractivity contribution in [2.24, 2.45) is 0 Å². The van der Waals surface area contributed by atoms with Gasteiger partial charge in [-0.25, -0.2) is 4.98 Å². The molecule has 1 N–H and O–H groups in total. The number of carbonyl (C=O) groups is 1. The van der Waals surface area contributed by atoms with E-state index < -0.39 is 0 Å². The number of piperazine rings is 1. The Morgan fingerprint density at radius 3 is 2.32 bits per heavy atom. The molecule has 1 saturated heterocycles. The van der Waals surface area contributed by atoms with Crippen LogP contribution in [0.4, 0.5) is 17.5 Å². The smallest absolute Gasteiger partial charge is 0.229 e. The molecule has 0 bridgehead atoms. The van der Waals surface area contributed by atoms with Gasteiger partial charge in [-0.15, -0.1) is 0 Å². The number of aryl methyl sites for hydroxylation is 3. The molecule has 2 aromatic rings. The Hall–Kier alpha value is -2.63. The number of amides is 1. The normalized spacial score (nSPS) is 14.6. The lowest BCUT2D eigenvalue weighted by atomic mass is 10.1. The zero-order valence-corrected chi connectivity index (χ0v) is 15.3. The molecule has 0 atom stereocenters. The summed E-state index contributed by atoms with van der Waals surface area (Å²) in [6.45, 7) is 10.9. The molecule has 1 aromatic carbocycles. The van der Waals surface area contributed by atoms with Gasteiger partial charge in [-0.05, 0) is 38.0 Å². The zero-order chi connectivity index (χ0) is 18.0. The maximum atomic E-state index is 11.5. The minimum absolute atomic E-state index is 0.134. The van der Waals surface area contributed by atoms with Crippen LogP contribution in [0.3, 0.4) is 0 Å². The lowest BCUT2D eigenvalue weighted by Crippen LogP contribution is -2.48. The fourth-order valence-corrected chi connectivity index (χ4v) is 3.32. The van der Waals surface area contributed by atoms with Gasteiger partial charge < -0.3 is 15.1 Å². The van der Waals surface area contributed by atoms with Crippen molar-refractivity contribution in [3.63, 3.8) is 0 Å². The summed E-state index contributed by atoms with van der Waals surface area (Å²) in [5.41, 5.74) is 4.67. The van der Waals surface area contributed by atoms with E-state index in [9.17, 15) is 4.79 Å². The van der Waals surface area contributed by atoms with Crippen LogP contribution in [0.1, 0.15) is 23.6 Å². The third kappa shape index (κ3) is 3.90. The summed E-state index contributed by atoms with van der Waals surface area (Å²) in [6, 6.07) is 6.23. The number of hydrogen-bond donors (Lipinski definition) is 1. The van der Waals surface area contributed by atoms with Crippen LogP contribution in [0, 0.1) is 20.8 Å². The van der Waals surface area contributed by atoms with Gasteiger partial charge in [-0.3, -0.25) is 4.79 Å². The molecule has 1 aliphatic heterocycles. The van der Waals surface area contributed by atoms with Gasteiger partial charge in [-0.1, -0.05) is 17.7 Å². The SMILES string of the molecule is CC(=O)N1CCN(c2ccnc(Nc3c(C)cc(C)cc3C)n2)CC1. The Morgan fingerprint density at radius 2 is 1.72 bits per heavy atom. The molecule has 0 radical (unpaired) electrons. The van der Waals surface area contributed by atoms with E-state index in [2.05, 4.69) is 53.1 Å². The summed E-state index contributed by atoms with van der Waals surface area (Å²) >= 11 is 0. The number of benzene rings is 1. The van der Waals surface area contributed by atoms with E-state index >= 15 is 0 Å². The molecule has 2 heterocycles. The molecule has 6 heteroatoms. The van der Waals surface area contributed by atoms with Crippen LogP contribution in [-0.2, 0) is 4.79 Å². The first-order chi connectivity index (χ1) is 11.9. The highest BCUT2D eigenvalue weighted by Gasteiger charge is 2.20. The molecule has 0 aliphatic carbocycles. The molecule has 1 fully saturated rings. The maximum Gasteiger partial charge on any atom is 0.229 e. The first-order valence-corrected chi connectivity index (χ1v) is 8.62. The van der Waals surface area contributed by atoms with Gasteiger partial charge in [-0.2, -0.15) is 4.98 Å². The van der Waals surface area contributed by atoms with Crippen LogP contribution >= 0.6 is 0 Å². The van der Waals surface area contributed by atoms with Gasteiger partial charge in [0.2, 0.25) is 11.9 Å². The minimum Gasteiger partial charge on any atom is -0.353 e. The van der Waals surface area contributed by atoms with E-state index in [1.165, 1.54) is 16.7 Å². The number of hydrogen-bond acceptors (Lipinski definition) is 5. The van der Waals surface area contributed by atoms with Crippen LogP contribution in [0.2, 0.25) is 0 Å². The molecule has 6 nitrogen and oxygen atoms in total. The second-order valence-corrected chi connectivity index (χ2v) is 6.63. The van der Waals surface area contributed by atoms with Crippen LogP contribution in [0.25, 0.3) is 0 Å². The van der Waals surface area contributed by atoms with Crippen molar-refractivity contribution in [2.45, 2.75) is 27.7 Å². The first-order valence-electron chi connectivity index (χ1n) is 8.62. The Bertz CT molecular complexity index is 758. The predicted octanol–water partition coefficient (Wildman–Crippen LogP) is 2.81. The van der Waals surface area contributed by atoms with Crippen molar-refractivity contribution in [2.75, 3.05) is 36.4 Å². The van der Waals surface area contributed by atoms with Gasteiger partial charge >= 0.3 is 0 Å². The summed E-state index contributed by atoms with van der Waals surface area (Å²) in [5, 5.41) is 3.36. The van der Waals surface area contributed by atoms with E-state index in [0.717, 1.165) is 37.7 Å². The first kappa shape index (κ1) is 17.2. The number of nitrogens with zero attached hydrogens (tertiary/aromatic N) is 4. The third-order valence-corrected chi connectivity index (χ3v) is 4.60. The summed E-state index contributed by atoms with van der Waals surface area (Å²) in [5.74, 6) is 1.62. The maximum absolute atomic E-state index is 11.5. The molecule has 0 unspecified atom stereocenters. The number of aromatic nitrogens is 2. The lowest BCUT2D eigenvalue weighted by Gasteiger charge is -2.34. The molecule has 3 rings (SSSR count). The summed E-state index contributed by atoms with van der Waals surface area (Å²) in [7, 11) is 0. The van der Waals surface area contributed by atoms with E-state index in [0.29, 0.717) is 5.95 Å². The second-order valence-electron chi connectivity index (χ2n) is 6.63. The van der Waals surface area contributed by atoms with Crippen LogP contribution < -0.4 is 10.2 Å². The summed E-state index contributed by atoms with van der Waals surface area (Å²) < 4.78 is 0. The molecule has 1 amide bonds. The Kier molecular flexibility index (Phi) is 4.88. The fraction of sp³-hybridized carbons (Fsp3) is 0.421. The Labute approximate surface area is 148 Å². The van der Waals surface area contributed by atoms with Crippen molar-refractivity contribution >= 4 is 23.4 Å².